The number of nitrogens with zero attached hydrogens (tertiary/aromatic N) is 2. The van der Waals surface area contributed by atoms with Crippen molar-refractivity contribution in [1.82, 2.24) is 9.97 Å². The van der Waals surface area contributed by atoms with Crippen LogP contribution >= 0.6 is 11.3 Å². The fourth-order valence-electron chi connectivity index (χ4n) is 4.38. The Morgan fingerprint density at radius 1 is 1.07 bits per heavy atom. The van der Waals surface area contributed by atoms with Crippen LogP contribution in [0.15, 0.2) is 48.5 Å². The first-order chi connectivity index (χ1) is 19.8. The van der Waals surface area contributed by atoms with E-state index in [1.807, 2.05) is 19.1 Å². The molecule has 2 aromatic heterocycles. The van der Waals surface area contributed by atoms with Gasteiger partial charge in [0.05, 0.1) is 5.52 Å². The normalized spacial score (nSPS) is 12.7. The minimum Gasteiger partial charge on any atom is -0.504 e. The number of aromatic nitrogens is 2. The van der Waals surface area contributed by atoms with Crippen LogP contribution in [-0.4, -0.2) is 33.2 Å². The van der Waals surface area contributed by atoms with Crippen molar-refractivity contribution in [1.29, 1.82) is 0 Å². The molecule has 12 heteroatoms. The Morgan fingerprint density at radius 3 is 2.27 bits per heavy atom. The van der Waals surface area contributed by atoms with Crippen molar-refractivity contribution in [3.63, 3.8) is 0 Å². The Bertz CT molecular complexity index is 1640. The minimum absolute atomic E-state index is 0. The number of allylic oxidation sites excluding steroid dienone is 2. The van der Waals surface area contributed by atoms with Gasteiger partial charge in [-0.05, 0) is 30.7 Å². The van der Waals surface area contributed by atoms with Crippen LogP contribution in [0.5, 0.6) is 0 Å². The Labute approximate surface area is 270 Å². The molecule has 0 aliphatic rings. The fourth-order valence-corrected chi connectivity index (χ4v) is 5.54. The molecule has 2 aromatic carbocycles. The van der Waals surface area contributed by atoms with Gasteiger partial charge in [0.2, 0.25) is 5.76 Å². The number of thiophene rings is 1. The zero-order valence-electron chi connectivity index (χ0n) is 25.0. The smallest absolute Gasteiger partial charge is 0.448 e. The summed E-state index contributed by atoms with van der Waals surface area (Å²) < 4.78 is 73.6. The second-order valence-corrected chi connectivity index (χ2v) is 12.7. The average molecular weight is 816 g/mol. The molecular formula is C32H33F6IrN2O2S-. The maximum atomic E-state index is 12.6. The number of fused-ring (bicyclic) bond motifs is 2. The third-order valence-electron chi connectivity index (χ3n) is 6.63. The third kappa shape index (κ3) is 9.59. The molecule has 0 aliphatic carbocycles. The molecule has 2 heterocycles. The molecule has 0 saturated heterocycles. The van der Waals surface area contributed by atoms with E-state index in [0.29, 0.717) is 6.42 Å². The second kappa shape index (κ2) is 14.5. The summed E-state index contributed by atoms with van der Waals surface area (Å²) in [6.45, 7) is 11.4. The van der Waals surface area contributed by atoms with Crippen LogP contribution < -0.4 is 0 Å². The number of ketones is 1. The Kier molecular flexibility index (Phi) is 12.3. The number of benzene rings is 2. The molecule has 4 aromatic rings. The number of alkyl halides is 6. The predicted octanol–water partition coefficient (Wildman–Crippen LogP) is 10.0. The zero-order chi connectivity index (χ0) is 32.3. The molecule has 241 valence electrons. The van der Waals surface area contributed by atoms with Gasteiger partial charge < -0.3 is 5.11 Å². The molecule has 1 N–H and O–H groups in total. The molecule has 0 saturated carbocycles. The van der Waals surface area contributed by atoms with E-state index in [2.05, 4.69) is 55.0 Å². The van der Waals surface area contributed by atoms with Gasteiger partial charge in [0, 0.05) is 53.8 Å². The van der Waals surface area contributed by atoms with Gasteiger partial charge in [-0.2, -0.15) is 26.3 Å². The molecule has 0 amide bonds. The monoisotopic (exact) mass is 816 g/mol. The predicted molar refractivity (Wildman–Crippen MR) is 158 cm³/mol. The SMILES string of the molecule is CC(C)C(=O)/C=C(\O)C(F)(F)F.Cc1sc2c(-c3[c-]c4ccccc4c(C(C)(C)C)c3)ncnc2c1CCCC(F)(F)F.[Ir]. The summed E-state index contributed by atoms with van der Waals surface area (Å²) in [6, 6.07) is 13.8. The number of hydrogen-bond donors (Lipinski definition) is 1. The summed E-state index contributed by atoms with van der Waals surface area (Å²) in [5.74, 6) is -3.14. The number of carbonyl (C=O) groups excluding carboxylic acids is 1. The number of aliphatic hydroxyl groups is 1. The van der Waals surface area contributed by atoms with Gasteiger partial charge in [-0.3, -0.25) is 9.78 Å². The number of aliphatic hydroxyl groups excluding tert-OH is 1. The van der Waals surface area contributed by atoms with Crippen molar-refractivity contribution in [3.8, 4) is 11.3 Å². The van der Waals surface area contributed by atoms with Crippen LogP contribution in [0.3, 0.4) is 0 Å². The van der Waals surface area contributed by atoms with E-state index in [9.17, 15) is 31.1 Å². The number of hydrogen-bond acceptors (Lipinski definition) is 5. The molecule has 0 atom stereocenters. The molecule has 0 unspecified atom stereocenters. The first-order valence-electron chi connectivity index (χ1n) is 13.6. The van der Waals surface area contributed by atoms with Crippen molar-refractivity contribution in [3.05, 3.63) is 70.6 Å². The van der Waals surface area contributed by atoms with Crippen LogP contribution in [0.1, 0.15) is 63.5 Å². The van der Waals surface area contributed by atoms with Crippen LogP contribution in [-0.2, 0) is 36.7 Å². The Balaban J connectivity index is 0.000000444. The maximum absolute atomic E-state index is 12.6. The minimum atomic E-state index is -4.83. The van der Waals surface area contributed by atoms with Gasteiger partial charge in [-0.15, -0.1) is 40.5 Å². The van der Waals surface area contributed by atoms with Crippen molar-refractivity contribution in [2.75, 3.05) is 0 Å². The zero-order valence-corrected chi connectivity index (χ0v) is 28.2. The molecule has 0 bridgehead atoms. The van der Waals surface area contributed by atoms with Crippen LogP contribution in [0.4, 0.5) is 26.3 Å². The van der Waals surface area contributed by atoms with E-state index in [0.717, 1.165) is 37.3 Å². The fraction of sp³-hybridized carbons (Fsp3) is 0.406. The average Bonchev–Trinajstić information content (AvgIpc) is 3.21. The van der Waals surface area contributed by atoms with Crippen LogP contribution in [0, 0.1) is 18.9 Å². The van der Waals surface area contributed by atoms with Crippen LogP contribution in [0.25, 0.3) is 32.2 Å². The Hall–Kier alpha value is -2.82. The van der Waals surface area contributed by atoms with E-state index >= 15 is 0 Å². The summed E-state index contributed by atoms with van der Waals surface area (Å²) in [7, 11) is 0. The third-order valence-corrected chi connectivity index (χ3v) is 7.78. The number of carbonyl (C=O) groups is 1. The van der Waals surface area contributed by atoms with E-state index in [-0.39, 0.29) is 38.0 Å². The van der Waals surface area contributed by atoms with Gasteiger partial charge >= 0.3 is 12.4 Å². The molecule has 44 heavy (non-hydrogen) atoms. The van der Waals surface area contributed by atoms with E-state index in [1.54, 1.807) is 11.3 Å². The molecule has 1 radical (unpaired) electrons. The Morgan fingerprint density at radius 2 is 1.70 bits per heavy atom. The molecule has 0 spiro atoms. The topological polar surface area (TPSA) is 63.1 Å². The van der Waals surface area contributed by atoms with Crippen LogP contribution in [0.2, 0.25) is 0 Å². The van der Waals surface area contributed by atoms with Gasteiger partial charge in [-0.1, -0.05) is 63.8 Å². The first-order valence-corrected chi connectivity index (χ1v) is 14.4. The van der Waals surface area contributed by atoms with Gasteiger partial charge in [0.25, 0.3) is 0 Å². The summed E-state index contributed by atoms with van der Waals surface area (Å²) in [6.07, 6.45) is -7.62. The van der Waals surface area contributed by atoms with E-state index in [1.165, 1.54) is 31.1 Å². The second-order valence-electron chi connectivity index (χ2n) is 11.5. The van der Waals surface area contributed by atoms with Crippen molar-refractivity contribution >= 4 is 38.1 Å². The maximum Gasteiger partial charge on any atom is 0.448 e. The van der Waals surface area contributed by atoms with Crippen molar-refractivity contribution < 1.29 is 56.3 Å². The van der Waals surface area contributed by atoms with E-state index in [4.69, 9.17) is 5.11 Å². The molecule has 4 rings (SSSR count). The van der Waals surface area contributed by atoms with Gasteiger partial charge in [0.15, 0.2) is 5.78 Å². The quantitative estimate of drug-likeness (QED) is 0.0912. The number of rotatable bonds is 6. The molecule has 0 aliphatic heterocycles. The summed E-state index contributed by atoms with van der Waals surface area (Å²) in [5, 5.41) is 10.5. The largest absolute Gasteiger partial charge is 0.504 e. The van der Waals surface area contributed by atoms with Gasteiger partial charge in [0.1, 0.15) is 6.33 Å². The van der Waals surface area contributed by atoms with Gasteiger partial charge in [-0.25, -0.2) is 4.98 Å². The summed E-state index contributed by atoms with van der Waals surface area (Å²) in [4.78, 5) is 20.7. The molecular weight excluding hydrogens is 783 g/mol. The standard InChI is InChI=1S/C25H24F3N2S.C7H9F3O2.Ir/c1-15-18(10-7-11-25(26,27)28)22-23(31-15)21(29-14-30-22)17-12-16-8-5-6-9-19(16)20(13-17)24(2,3)4;1-4(2)5(11)3-6(12)7(8,9)10;/h5-6,8-9,13-14H,7,10-11H2,1-4H3;3-4,12H,1-2H3;/q-1;;/b;6-3-;. The number of halogens is 6. The number of aryl methyl sites for hydroxylation is 2. The van der Waals surface area contributed by atoms with Crippen molar-refractivity contribution in [2.45, 2.75) is 78.6 Å². The molecule has 4 nitrogen and oxygen atoms in total. The van der Waals surface area contributed by atoms with Crippen molar-refractivity contribution in [2.24, 2.45) is 5.92 Å². The molecule has 0 fully saturated rings. The first kappa shape index (κ1) is 37.4. The van der Waals surface area contributed by atoms with E-state index < -0.39 is 36.2 Å². The summed E-state index contributed by atoms with van der Waals surface area (Å²) in [5.41, 5.74) is 4.47. The summed E-state index contributed by atoms with van der Waals surface area (Å²) >= 11 is 1.55.